The molecule has 2 heteroatoms. The molecule has 2 nitrogen and oxygen atoms in total. The molecule has 0 unspecified atom stereocenters. The second-order valence-corrected chi connectivity index (χ2v) is 8.36. The number of hydrogen-bond acceptors (Lipinski definition) is 2. The molecule has 3 saturated carbocycles. The summed E-state index contributed by atoms with van der Waals surface area (Å²) in [6.45, 7) is 4.47. The van der Waals surface area contributed by atoms with Crippen molar-refractivity contribution in [3.05, 3.63) is 11.6 Å². The number of aliphatic hydroxyl groups is 1. The van der Waals surface area contributed by atoms with Crippen LogP contribution in [0.15, 0.2) is 11.6 Å². The summed E-state index contributed by atoms with van der Waals surface area (Å²) in [4.78, 5) is 12.1. The summed E-state index contributed by atoms with van der Waals surface area (Å²) in [7, 11) is 0. The van der Waals surface area contributed by atoms with E-state index in [1.807, 2.05) is 0 Å². The molecule has 0 heterocycles. The van der Waals surface area contributed by atoms with Gasteiger partial charge in [-0.15, -0.1) is 0 Å². The summed E-state index contributed by atoms with van der Waals surface area (Å²) in [5.74, 6) is 1.28. The second kappa shape index (κ2) is 4.44. The maximum absolute atomic E-state index is 12.1. The normalized spacial score (nSPS) is 56.5. The van der Waals surface area contributed by atoms with Crippen LogP contribution in [0.4, 0.5) is 0 Å². The highest BCUT2D eigenvalue weighted by atomic mass is 16.3. The zero-order chi connectivity index (χ0) is 16.6. The van der Waals surface area contributed by atoms with Crippen LogP contribution in [0.5, 0.6) is 0 Å². The van der Waals surface area contributed by atoms with Crippen LogP contribution >= 0.6 is 0 Å². The lowest BCUT2D eigenvalue weighted by Gasteiger charge is -2.57. The SMILES string of the molecule is [2H]C1([2H])C[C@@]2(C)C(=CC1=O)CC[C@H]1[C@@H]3CC[C@H](O)[C@@]3(C)CC[C@@H]12. The van der Waals surface area contributed by atoms with Crippen LogP contribution in [0.2, 0.25) is 0 Å². The summed E-state index contributed by atoms with van der Waals surface area (Å²) in [5, 5.41) is 10.5. The molecule has 0 aromatic carbocycles. The first-order valence-electron chi connectivity index (χ1n) is 9.62. The molecule has 0 amide bonds. The van der Waals surface area contributed by atoms with E-state index in [2.05, 4.69) is 13.8 Å². The number of carbonyl (C=O) groups excluding carboxylic acids is 1. The van der Waals surface area contributed by atoms with E-state index in [1.54, 1.807) is 6.08 Å². The highest BCUT2D eigenvalue weighted by Crippen LogP contribution is 2.65. The van der Waals surface area contributed by atoms with Crippen LogP contribution in [0.1, 0.15) is 67.9 Å². The molecule has 4 aliphatic rings. The molecule has 0 saturated heterocycles. The summed E-state index contributed by atoms with van der Waals surface area (Å²) in [5.41, 5.74) is 1.08. The van der Waals surface area contributed by atoms with Gasteiger partial charge in [0.15, 0.2) is 5.78 Å². The van der Waals surface area contributed by atoms with Crippen LogP contribution in [-0.2, 0) is 4.79 Å². The molecule has 4 aliphatic carbocycles. The minimum atomic E-state index is -1.71. The van der Waals surface area contributed by atoms with E-state index in [4.69, 9.17) is 2.74 Å². The molecule has 116 valence electrons. The number of fused-ring (bicyclic) bond motifs is 5. The Morgan fingerprint density at radius 3 is 2.81 bits per heavy atom. The number of aliphatic hydroxyl groups excluding tert-OH is 1. The highest BCUT2D eigenvalue weighted by Gasteiger charge is 2.58. The topological polar surface area (TPSA) is 37.3 Å². The van der Waals surface area contributed by atoms with Crippen molar-refractivity contribution in [1.29, 1.82) is 0 Å². The molecule has 3 fully saturated rings. The molecule has 0 aromatic heterocycles. The zero-order valence-corrected chi connectivity index (χ0v) is 13.2. The van der Waals surface area contributed by atoms with E-state index < -0.39 is 6.37 Å². The summed E-state index contributed by atoms with van der Waals surface area (Å²) >= 11 is 0. The minimum absolute atomic E-state index is 0.0578. The predicted octanol–water partition coefficient (Wildman–Crippen LogP) is 3.88. The summed E-state index contributed by atoms with van der Waals surface area (Å²) < 4.78 is 16.3. The maximum atomic E-state index is 12.1. The van der Waals surface area contributed by atoms with E-state index >= 15 is 0 Å². The predicted molar refractivity (Wildman–Crippen MR) is 82.7 cm³/mol. The highest BCUT2D eigenvalue weighted by molar-refractivity contribution is 5.91. The Bertz CT molecular complexity index is 584. The maximum Gasteiger partial charge on any atom is 0.155 e. The Labute approximate surface area is 130 Å². The zero-order valence-electron chi connectivity index (χ0n) is 15.2. The van der Waals surface area contributed by atoms with Gasteiger partial charge in [-0.1, -0.05) is 19.4 Å². The van der Waals surface area contributed by atoms with Crippen molar-refractivity contribution < 1.29 is 12.6 Å². The standard InChI is InChI=1S/C19H28O2/c1-18-9-7-13(20)11-12(18)3-4-14-15-5-6-17(21)19(15,2)10-8-16(14)18/h11,14-17,21H,3-10H2,1-2H3/t14-,15-,16-,17-,18-,19-/m0/s1/i7D2. The van der Waals surface area contributed by atoms with Gasteiger partial charge in [-0.25, -0.2) is 0 Å². The van der Waals surface area contributed by atoms with E-state index in [0.29, 0.717) is 24.2 Å². The van der Waals surface area contributed by atoms with E-state index in [1.165, 1.54) is 5.57 Å². The monoisotopic (exact) mass is 290 g/mol. The first-order chi connectivity index (χ1) is 10.7. The van der Waals surface area contributed by atoms with Crippen molar-refractivity contribution in [3.63, 3.8) is 0 Å². The van der Waals surface area contributed by atoms with Crippen LogP contribution in [0.25, 0.3) is 0 Å². The number of carbonyl (C=O) groups is 1. The Hall–Kier alpha value is -0.630. The van der Waals surface area contributed by atoms with Crippen molar-refractivity contribution in [2.45, 2.75) is 71.3 Å². The molecule has 6 atom stereocenters. The molecule has 4 rings (SSSR count). The van der Waals surface area contributed by atoms with Crippen molar-refractivity contribution >= 4 is 5.78 Å². The lowest BCUT2D eigenvalue weighted by atomic mass is 9.47. The van der Waals surface area contributed by atoms with Crippen molar-refractivity contribution in [1.82, 2.24) is 0 Å². The van der Waals surface area contributed by atoms with E-state index in [0.717, 1.165) is 38.5 Å². The van der Waals surface area contributed by atoms with Crippen LogP contribution in [-0.4, -0.2) is 17.0 Å². The van der Waals surface area contributed by atoms with Gasteiger partial charge in [0.2, 0.25) is 0 Å². The molecule has 0 radical (unpaired) electrons. The number of ketones is 1. The van der Waals surface area contributed by atoms with Gasteiger partial charge in [-0.3, -0.25) is 4.79 Å². The third-order valence-corrected chi connectivity index (χ3v) is 7.62. The fraction of sp³-hybridized carbons (Fsp3) is 0.842. The fourth-order valence-electron chi connectivity index (χ4n) is 6.26. The molecule has 0 aliphatic heterocycles. The van der Waals surface area contributed by atoms with E-state index in [-0.39, 0.29) is 22.7 Å². The largest absolute Gasteiger partial charge is 0.393 e. The van der Waals surface area contributed by atoms with Crippen molar-refractivity contribution in [3.8, 4) is 0 Å². The number of hydrogen-bond donors (Lipinski definition) is 1. The van der Waals surface area contributed by atoms with Crippen molar-refractivity contribution in [2.75, 3.05) is 0 Å². The molecule has 1 N–H and O–H groups in total. The average Bonchev–Trinajstić information content (AvgIpc) is 2.76. The minimum Gasteiger partial charge on any atom is -0.393 e. The summed E-state index contributed by atoms with van der Waals surface area (Å²) in [6, 6.07) is 0. The van der Waals surface area contributed by atoms with Crippen LogP contribution in [0, 0.1) is 28.6 Å². The van der Waals surface area contributed by atoms with Crippen LogP contribution in [0.3, 0.4) is 0 Å². The fourth-order valence-corrected chi connectivity index (χ4v) is 6.26. The number of rotatable bonds is 0. The Balaban J connectivity index is 1.71. The third-order valence-electron chi connectivity index (χ3n) is 7.62. The molecule has 0 bridgehead atoms. The summed E-state index contributed by atoms with van der Waals surface area (Å²) in [6.07, 6.45) is 6.27. The van der Waals surface area contributed by atoms with Crippen LogP contribution < -0.4 is 0 Å². The van der Waals surface area contributed by atoms with E-state index in [9.17, 15) is 9.90 Å². The van der Waals surface area contributed by atoms with Gasteiger partial charge in [-0.2, -0.15) is 0 Å². The molecule has 0 spiro atoms. The third kappa shape index (κ3) is 1.78. The quantitative estimate of drug-likeness (QED) is 0.735. The van der Waals surface area contributed by atoms with Gasteiger partial charge in [0.1, 0.15) is 0 Å². The Morgan fingerprint density at radius 2 is 2.00 bits per heavy atom. The van der Waals surface area contributed by atoms with Gasteiger partial charge < -0.3 is 5.11 Å². The average molecular weight is 290 g/mol. The van der Waals surface area contributed by atoms with Crippen molar-refractivity contribution in [2.24, 2.45) is 28.6 Å². The number of allylic oxidation sites excluding steroid dienone is 1. The van der Waals surface area contributed by atoms with Gasteiger partial charge in [0, 0.05) is 9.11 Å². The van der Waals surface area contributed by atoms with Gasteiger partial charge in [-0.05, 0) is 79.6 Å². The molecular formula is C19H28O2. The molecule has 21 heavy (non-hydrogen) atoms. The first kappa shape index (κ1) is 11.9. The molecule has 0 aromatic rings. The lowest BCUT2D eigenvalue weighted by Crippen LogP contribution is -2.51. The van der Waals surface area contributed by atoms with Gasteiger partial charge in [0.05, 0.1) is 6.10 Å². The first-order valence-corrected chi connectivity index (χ1v) is 8.62. The van der Waals surface area contributed by atoms with Gasteiger partial charge >= 0.3 is 0 Å². The van der Waals surface area contributed by atoms with Gasteiger partial charge in [0.25, 0.3) is 0 Å². The Morgan fingerprint density at radius 1 is 1.19 bits per heavy atom. The lowest BCUT2D eigenvalue weighted by molar-refractivity contribution is -0.118. The second-order valence-electron chi connectivity index (χ2n) is 8.36. The molecular weight excluding hydrogens is 260 g/mol. The smallest absolute Gasteiger partial charge is 0.155 e. The Kier molecular flexibility index (Phi) is 2.51.